The zero-order chi connectivity index (χ0) is 37.5. The van der Waals surface area contributed by atoms with Crippen molar-refractivity contribution in [2.75, 3.05) is 0 Å². The number of benzene rings is 3. The van der Waals surface area contributed by atoms with Gasteiger partial charge in [0, 0.05) is 62.3 Å². The summed E-state index contributed by atoms with van der Waals surface area (Å²) in [6, 6.07) is 34.4. The van der Waals surface area contributed by atoms with Crippen LogP contribution < -0.4 is 0 Å². The van der Waals surface area contributed by atoms with E-state index in [1.807, 2.05) is 30.3 Å². The zero-order valence-corrected chi connectivity index (χ0v) is 26.4. The van der Waals surface area contributed by atoms with Crippen molar-refractivity contribution < 1.29 is 36.9 Å². The first-order valence-electron chi connectivity index (χ1n) is 18.2. The third kappa shape index (κ3) is 6.86. The van der Waals surface area contributed by atoms with E-state index < -0.39 is 26.0 Å². The van der Waals surface area contributed by atoms with Gasteiger partial charge in [-0.1, -0.05) is 73.3 Å². The van der Waals surface area contributed by atoms with E-state index in [0.717, 1.165) is 16.6 Å². The molecule has 0 unspecified atom stereocenters. The van der Waals surface area contributed by atoms with Crippen LogP contribution in [0.3, 0.4) is 0 Å². The molecule has 7 rings (SSSR count). The van der Waals surface area contributed by atoms with Crippen LogP contribution in [0.15, 0.2) is 114 Å². The Morgan fingerprint density at radius 1 is 0.841 bits per heavy atom. The van der Waals surface area contributed by atoms with Crippen LogP contribution in [0.2, 0.25) is 0 Å². The molecule has 0 aliphatic carbocycles. The van der Waals surface area contributed by atoms with E-state index in [9.17, 15) is 0 Å². The fourth-order valence-electron chi connectivity index (χ4n) is 4.66. The molecule has 5 heteroatoms. The Balaban J connectivity index is 0.000000267. The number of aryl methyl sites for hydroxylation is 2. The Labute approximate surface area is 285 Å². The summed E-state index contributed by atoms with van der Waals surface area (Å²) < 4.78 is 77.1. The van der Waals surface area contributed by atoms with E-state index in [1.54, 1.807) is 80.6 Å². The van der Waals surface area contributed by atoms with Gasteiger partial charge in [0.15, 0.2) is 0 Å². The summed E-state index contributed by atoms with van der Waals surface area (Å²) in [5.41, 5.74) is 4.64. The SMILES string of the molecule is [2H]C([2H])([2H])c1ccc(-c2[c-]cccc2)nc1.[2H]C([2H])([2H])c1cnc(-c2[c-]ccc3c2oc2nc(C([2H])([2H])c4ccccc4)ccc23)cc1C([2H])(C)C.[Ir]. The van der Waals surface area contributed by atoms with Crippen molar-refractivity contribution in [1.82, 2.24) is 15.0 Å². The van der Waals surface area contributed by atoms with Crippen LogP contribution in [0.5, 0.6) is 0 Å². The summed E-state index contributed by atoms with van der Waals surface area (Å²) in [5, 5.41) is 1.47. The maximum absolute atomic E-state index is 8.63. The van der Waals surface area contributed by atoms with Gasteiger partial charge in [0.2, 0.25) is 5.71 Å². The topological polar surface area (TPSA) is 51.8 Å². The van der Waals surface area contributed by atoms with Gasteiger partial charge in [0.05, 0.1) is 5.58 Å². The van der Waals surface area contributed by atoms with Crippen molar-refractivity contribution >= 4 is 22.1 Å². The average molecular weight is 761 g/mol. The number of furan rings is 1. The quantitative estimate of drug-likeness (QED) is 0.164. The maximum Gasteiger partial charge on any atom is 0.216 e. The molecular weight excluding hydrogens is 719 g/mol. The molecule has 7 aromatic rings. The number of pyridine rings is 3. The van der Waals surface area contributed by atoms with Gasteiger partial charge in [-0.3, -0.25) is 0 Å². The predicted octanol–water partition coefficient (Wildman–Crippen LogP) is 9.72. The second kappa shape index (κ2) is 13.9. The van der Waals surface area contributed by atoms with E-state index in [1.165, 1.54) is 12.4 Å². The van der Waals surface area contributed by atoms with E-state index in [4.69, 9.17) is 16.8 Å². The molecule has 4 nitrogen and oxygen atoms in total. The van der Waals surface area contributed by atoms with Crippen molar-refractivity contribution in [3.63, 3.8) is 0 Å². The van der Waals surface area contributed by atoms with Gasteiger partial charge in [-0.05, 0) is 65.4 Å². The standard InChI is InChI=1S/C27H23N2O.C12H10N.Ir/c1-17(2)24-15-25(28-16-18(24)3)23-11-7-10-21-22-13-12-20(29-27(22)30-26(21)23)14-19-8-5-4-6-9-19;1-10-7-8-12(13-9-10)11-5-3-2-4-6-11;/h4-10,12-13,15-17H,14H2,1-3H3;2-5,7-9H,1H3;/q2*-1;/i3D3,14D2,17D;1D3;. The molecule has 221 valence electrons. The number of hydrogen-bond acceptors (Lipinski definition) is 4. The van der Waals surface area contributed by atoms with E-state index in [2.05, 4.69) is 27.1 Å². The Morgan fingerprint density at radius 3 is 2.41 bits per heavy atom. The van der Waals surface area contributed by atoms with Crippen LogP contribution in [-0.4, -0.2) is 15.0 Å². The average Bonchev–Trinajstić information content (AvgIpc) is 3.50. The molecule has 44 heavy (non-hydrogen) atoms. The van der Waals surface area contributed by atoms with E-state index in [-0.39, 0.29) is 42.6 Å². The molecule has 0 saturated heterocycles. The zero-order valence-electron chi connectivity index (χ0n) is 33.0. The molecule has 4 heterocycles. The van der Waals surface area contributed by atoms with Gasteiger partial charge in [-0.15, -0.1) is 54.1 Å². The van der Waals surface area contributed by atoms with Gasteiger partial charge in [0.1, 0.15) is 0 Å². The van der Waals surface area contributed by atoms with Gasteiger partial charge < -0.3 is 14.4 Å². The summed E-state index contributed by atoms with van der Waals surface area (Å²) in [6.45, 7) is -1.21. The number of fused-ring (bicyclic) bond motifs is 3. The van der Waals surface area contributed by atoms with Crippen LogP contribution in [0, 0.1) is 25.8 Å². The summed E-state index contributed by atoms with van der Waals surface area (Å²) in [4.78, 5) is 13.0. The van der Waals surface area contributed by atoms with Crippen LogP contribution in [0.25, 0.3) is 44.6 Å². The molecule has 0 amide bonds. The van der Waals surface area contributed by atoms with Gasteiger partial charge in [0.25, 0.3) is 0 Å². The molecule has 0 N–H and O–H groups in total. The maximum atomic E-state index is 8.63. The minimum atomic E-state index is -2.40. The molecule has 0 saturated carbocycles. The molecule has 3 aromatic carbocycles. The smallest absolute Gasteiger partial charge is 0.216 e. The van der Waals surface area contributed by atoms with Gasteiger partial charge in [-0.25, -0.2) is 4.98 Å². The fraction of sp³-hybridized carbons (Fsp3) is 0.154. The van der Waals surface area contributed by atoms with Crippen LogP contribution >= 0.6 is 0 Å². The normalized spacial score (nSPS) is 15.0. The molecule has 0 bridgehead atoms. The monoisotopic (exact) mass is 761 g/mol. The third-order valence-electron chi connectivity index (χ3n) is 6.79. The molecule has 0 fully saturated rings. The number of rotatable bonds is 5. The summed E-state index contributed by atoms with van der Waals surface area (Å²) >= 11 is 0. The first kappa shape index (κ1) is 21.3. The first-order valence-corrected chi connectivity index (χ1v) is 13.7. The largest absolute Gasteiger partial charge is 0.486 e. The Kier molecular flexibility index (Phi) is 6.73. The van der Waals surface area contributed by atoms with Gasteiger partial charge >= 0.3 is 0 Å². The van der Waals surface area contributed by atoms with E-state index >= 15 is 0 Å². The minimum absolute atomic E-state index is 0. The first-order chi connectivity index (χ1) is 24.4. The van der Waals surface area contributed by atoms with Crippen LogP contribution in [0.1, 0.15) is 60.0 Å². The van der Waals surface area contributed by atoms with Crippen LogP contribution in [-0.2, 0) is 26.5 Å². The Bertz CT molecular complexity index is 2340. The van der Waals surface area contributed by atoms with Crippen molar-refractivity contribution in [3.8, 4) is 22.5 Å². The summed E-state index contributed by atoms with van der Waals surface area (Å²) in [6.07, 6.45) is 0.877. The second-order valence-corrected chi connectivity index (χ2v) is 10.1. The van der Waals surface area contributed by atoms with Crippen LogP contribution in [0.4, 0.5) is 0 Å². The molecule has 0 aliphatic rings. The van der Waals surface area contributed by atoms with Gasteiger partial charge in [-0.2, -0.15) is 0 Å². The summed E-state index contributed by atoms with van der Waals surface area (Å²) in [7, 11) is 0. The third-order valence-corrected chi connectivity index (χ3v) is 6.79. The Morgan fingerprint density at radius 2 is 1.68 bits per heavy atom. The number of aromatic nitrogens is 3. The molecule has 0 aliphatic heterocycles. The molecule has 0 spiro atoms. The second-order valence-electron chi connectivity index (χ2n) is 10.1. The van der Waals surface area contributed by atoms with Crippen molar-refractivity contribution in [3.05, 3.63) is 150 Å². The molecular formula is C39H33IrN3O-2. The Hall–Kier alpha value is -4.44. The summed E-state index contributed by atoms with van der Waals surface area (Å²) in [5.74, 6) is -1.16. The van der Waals surface area contributed by atoms with Crippen molar-refractivity contribution in [1.29, 1.82) is 0 Å². The number of nitrogens with zero attached hydrogens (tertiary/aromatic N) is 3. The van der Waals surface area contributed by atoms with E-state index in [0.29, 0.717) is 33.4 Å². The molecule has 4 aromatic heterocycles. The fourth-order valence-corrected chi connectivity index (χ4v) is 4.66. The van der Waals surface area contributed by atoms with Crippen molar-refractivity contribution in [2.45, 2.75) is 39.8 Å². The number of hydrogen-bond donors (Lipinski definition) is 0. The molecule has 0 atom stereocenters. The van der Waals surface area contributed by atoms with Crippen molar-refractivity contribution in [2.24, 2.45) is 0 Å². The molecule has 1 radical (unpaired) electrons. The predicted molar refractivity (Wildman–Crippen MR) is 175 cm³/mol. The minimum Gasteiger partial charge on any atom is -0.486 e.